The van der Waals surface area contributed by atoms with Crippen LogP contribution < -0.4 is 106 Å². The van der Waals surface area contributed by atoms with Crippen LogP contribution in [0.3, 0.4) is 0 Å². The minimum atomic E-state index is -6.18. The fraction of sp³-hybridized carbons (Fsp3) is 0.556. The molecule has 166 valence electrons. The maximum atomic E-state index is 14.2. The number of nitrogens with two attached hydrogens (primary N) is 1. The largest absolute Gasteiger partial charge is 1.00 e. The molecule has 1 aliphatic rings. The zero-order valence-corrected chi connectivity index (χ0v) is 20.4. The van der Waals surface area contributed by atoms with Gasteiger partial charge in [-0.2, -0.15) is 4.98 Å². The molecule has 0 saturated carbocycles. The number of anilines is 1. The number of rotatable bonds is 8. The summed E-state index contributed by atoms with van der Waals surface area (Å²) in [4.78, 5) is 58.0. The number of nitrogens with zero attached hydrogens (tertiary/aromatic N) is 2. The summed E-state index contributed by atoms with van der Waals surface area (Å²) in [6.45, 7) is -1.22. The van der Waals surface area contributed by atoms with Gasteiger partial charge in [-0.25, -0.2) is 13.5 Å². The second-order valence-corrected chi connectivity index (χ2v) is 9.59. The summed E-state index contributed by atoms with van der Waals surface area (Å²) in [5.41, 5.74) is 4.23. The second kappa shape index (κ2) is 14.9. The van der Waals surface area contributed by atoms with Crippen molar-refractivity contribution in [3.63, 3.8) is 0 Å². The van der Waals surface area contributed by atoms with Crippen LogP contribution in [0, 0.1) is 0 Å². The number of nitrogen functional groups attached to an aromatic ring is 1. The van der Waals surface area contributed by atoms with E-state index in [0.29, 0.717) is 4.57 Å². The SMILES string of the molecule is Nc1ccn([C@@H]2O[C@H](COP(=O)([O-])OP(=O)([O-])OP(=O)([O-])[O-])[C@@H](O)[C@H]2F)c(=O)n1.[Li+].[Li+].[Li+].[Li+]. The summed E-state index contributed by atoms with van der Waals surface area (Å²) in [5.74, 6) is -0.186. The summed E-state index contributed by atoms with van der Waals surface area (Å²) in [6.07, 6.45) is -6.81. The Morgan fingerprint density at radius 3 is 2.15 bits per heavy atom. The van der Waals surface area contributed by atoms with Crippen molar-refractivity contribution in [3.05, 3.63) is 22.7 Å². The van der Waals surface area contributed by atoms with Crippen molar-refractivity contribution in [1.29, 1.82) is 0 Å². The standard InChI is InChI=1S/C9H15FN3O13P3.4Li/c10-6-7(14)4(24-8(6)13-2-1-5(11)12-9(13)15)3-23-28(19,20)26-29(21,22)25-27(16,17)18;;;;/h1-2,4,6-8,14H,3H2,(H,19,20)(H,21,22)(H2,11,12,15)(H2,16,17,18);;;;/q;4*+1/p-4/t4-,6-,7-,8-;;;;/m1..../s1. The van der Waals surface area contributed by atoms with Crippen molar-refractivity contribution in [2.75, 3.05) is 12.3 Å². The van der Waals surface area contributed by atoms with E-state index in [0.717, 1.165) is 12.3 Å². The van der Waals surface area contributed by atoms with Gasteiger partial charge in [0, 0.05) is 6.20 Å². The van der Waals surface area contributed by atoms with Crippen LogP contribution >= 0.6 is 23.5 Å². The molecule has 0 bridgehead atoms. The number of hydrogen-bond donors (Lipinski definition) is 2. The number of ether oxygens (including phenoxy) is 1. The quantitative estimate of drug-likeness (QED) is 0.244. The fourth-order valence-corrected chi connectivity index (χ4v) is 5.00. The van der Waals surface area contributed by atoms with E-state index in [2.05, 4.69) is 18.1 Å². The molecule has 1 aromatic heterocycles. The van der Waals surface area contributed by atoms with Gasteiger partial charge in [-0.1, -0.05) is 0 Å². The van der Waals surface area contributed by atoms with Crippen LogP contribution in [0.15, 0.2) is 17.1 Å². The van der Waals surface area contributed by atoms with Crippen LogP contribution in [0.25, 0.3) is 0 Å². The molecular formula is C9H11FLi4N3O13P3. The topological polar surface area (TPSA) is 262 Å². The number of phosphoric acid groups is 3. The van der Waals surface area contributed by atoms with E-state index in [4.69, 9.17) is 10.5 Å². The van der Waals surface area contributed by atoms with Gasteiger partial charge in [-0.3, -0.25) is 18.0 Å². The summed E-state index contributed by atoms with van der Waals surface area (Å²) in [7, 11) is -18.2. The van der Waals surface area contributed by atoms with Crippen molar-refractivity contribution in [3.8, 4) is 0 Å². The second-order valence-electron chi connectivity index (χ2n) is 5.34. The van der Waals surface area contributed by atoms with Gasteiger partial charge in [0.05, 0.1) is 14.4 Å². The molecule has 0 radical (unpaired) electrons. The summed E-state index contributed by atoms with van der Waals surface area (Å²) in [6, 6.07) is 1.11. The van der Waals surface area contributed by atoms with Crippen molar-refractivity contribution in [2.45, 2.75) is 24.6 Å². The van der Waals surface area contributed by atoms with Gasteiger partial charge in [0.1, 0.15) is 18.0 Å². The smallest absolute Gasteiger partial charge is 0.790 e. The van der Waals surface area contributed by atoms with Crippen molar-refractivity contribution >= 4 is 29.3 Å². The summed E-state index contributed by atoms with van der Waals surface area (Å²) < 4.78 is 62.9. The van der Waals surface area contributed by atoms with Crippen molar-refractivity contribution < 1.29 is 136 Å². The van der Waals surface area contributed by atoms with Crippen LogP contribution in [0.5, 0.6) is 0 Å². The zero-order valence-electron chi connectivity index (χ0n) is 17.7. The molecule has 2 unspecified atom stereocenters. The van der Waals surface area contributed by atoms with Gasteiger partial charge in [0.25, 0.3) is 15.6 Å². The monoisotopic (exact) mass is 509 g/mol. The molecule has 3 N–H and O–H groups in total. The van der Waals surface area contributed by atoms with Gasteiger partial charge in [0.15, 0.2) is 12.4 Å². The summed E-state index contributed by atoms with van der Waals surface area (Å²) >= 11 is 0. The van der Waals surface area contributed by atoms with E-state index in [9.17, 15) is 47.6 Å². The number of halogens is 1. The Kier molecular flexibility index (Phi) is 17.6. The number of aliphatic hydroxyl groups excluding tert-OH is 1. The Hall–Kier alpha value is 1.33. The Morgan fingerprint density at radius 2 is 1.67 bits per heavy atom. The molecule has 0 aliphatic carbocycles. The molecule has 6 atom stereocenters. The number of aliphatic hydroxyl groups is 1. The molecule has 2 rings (SSSR count). The third-order valence-electron chi connectivity index (χ3n) is 3.22. The van der Waals surface area contributed by atoms with Crippen LogP contribution in [0.4, 0.5) is 10.2 Å². The Balaban J connectivity index is -0.00000225. The minimum Gasteiger partial charge on any atom is -0.790 e. The molecule has 16 nitrogen and oxygen atoms in total. The number of phosphoric ester groups is 1. The molecule has 1 aliphatic heterocycles. The molecule has 33 heavy (non-hydrogen) atoms. The first kappa shape index (κ1) is 38.9. The van der Waals surface area contributed by atoms with Crippen molar-refractivity contribution in [1.82, 2.24) is 9.55 Å². The zero-order chi connectivity index (χ0) is 22.2. The van der Waals surface area contributed by atoms with E-state index in [1.54, 1.807) is 0 Å². The maximum absolute atomic E-state index is 14.2. The maximum Gasteiger partial charge on any atom is 1.00 e. The first-order chi connectivity index (χ1) is 13.1. The third-order valence-corrected chi connectivity index (χ3v) is 6.88. The molecule has 0 spiro atoms. The predicted molar refractivity (Wildman–Crippen MR) is 78.7 cm³/mol. The molecule has 0 aromatic carbocycles. The van der Waals surface area contributed by atoms with Crippen LogP contribution in [0.2, 0.25) is 0 Å². The first-order valence-corrected chi connectivity index (χ1v) is 11.5. The van der Waals surface area contributed by atoms with Gasteiger partial charge >= 0.3 is 81.1 Å². The Morgan fingerprint density at radius 1 is 1.12 bits per heavy atom. The molecule has 1 fully saturated rings. The Labute approximate surface area is 233 Å². The van der Waals surface area contributed by atoms with Crippen LogP contribution in [-0.4, -0.2) is 39.6 Å². The van der Waals surface area contributed by atoms with E-state index >= 15 is 0 Å². The third kappa shape index (κ3) is 11.9. The predicted octanol–water partition coefficient (Wildman–Crippen LogP) is -15.7. The van der Waals surface area contributed by atoms with E-state index < -0.39 is 60.4 Å². The minimum absolute atomic E-state index is 0. The number of alkyl halides is 1. The molecular weight excluding hydrogens is 498 g/mol. The first-order valence-electron chi connectivity index (χ1n) is 7.14. The van der Waals surface area contributed by atoms with Gasteiger partial charge in [-0.15, -0.1) is 0 Å². The van der Waals surface area contributed by atoms with Gasteiger partial charge in [-0.05, 0) is 6.07 Å². The molecule has 1 saturated heterocycles. The number of hydrogen-bond acceptors (Lipinski definition) is 15. The van der Waals surface area contributed by atoms with E-state index in [1.165, 1.54) is 0 Å². The van der Waals surface area contributed by atoms with E-state index in [-0.39, 0.29) is 81.3 Å². The molecule has 2 heterocycles. The molecule has 1 aromatic rings. The average molecular weight is 509 g/mol. The molecule has 0 amide bonds. The van der Waals surface area contributed by atoms with Gasteiger partial charge in [0.2, 0.25) is 0 Å². The van der Waals surface area contributed by atoms with Crippen LogP contribution in [-0.2, 0) is 31.6 Å². The number of aromatic nitrogens is 2. The average Bonchev–Trinajstić information content (AvgIpc) is 2.78. The summed E-state index contributed by atoms with van der Waals surface area (Å²) in [5, 5.41) is 9.78. The van der Waals surface area contributed by atoms with E-state index in [1.807, 2.05) is 0 Å². The van der Waals surface area contributed by atoms with Crippen molar-refractivity contribution in [2.24, 2.45) is 0 Å². The molecule has 24 heteroatoms. The van der Waals surface area contributed by atoms with Crippen LogP contribution in [0.1, 0.15) is 6.23 Å². The van der Waals surface area contributed by atoms with Gasteiger partial charge < -0.3 is 44.2 Å². The normalized spacial score (nSPS) is 25.8. The fourth-order valence-electron chi connectivity index (χ4n) is 2.13. The Bertz CT molecular complexity index is 969.